The van der Waals surface area contributed by atoms with Crippen molar-refractivity contribution in [1.29, 1.82) is 0 Å². The number of nitrogens with zero attached hydrogens (tertiary/aromatic N) is 4. The summed E-state index contributed by atoms with van der Waals surface area (Å²) in [6, 6.07) is 15.6. The summed E-state index contributed by atoms with van der Waals surface area (Å²) in [5, 5.41) is 16.9. The fraction of sp³-hybridized carbons (Fsp3) is 0.167. The van der Waals surface area contributed by atoms with E-state index in [9.17, 15) is 9.59 Å². The van der Waals surface area contributed by atoms with Gasteiger partial charge in [0.05, 0.1) is 5.69 Å². The van der Waals surface area contributed by atoms with E-state index >= 15 is 0 Å². The van der Waals surface area contributed by atoms with Gasteiger partial charge in [-0.1, -0.05) is 53.7 Å². The van der Waals surface area contributed by atoms with Crippen molar-refractivity contribution in [3.63, 3.8) is 0 Å². The molecule has 0 aliphatic heterocycles. The number of rotatable bonds is 6. The number of halogens is 1. The lowest BCUT2D eigenvalue weighted by atomic mass is 10.1. The third-order valence-electron chi connectivity index (χ3n) is 3.65. The minimum absolute atomic E-state index is 0.405. The number of benzene rings is 2. The first-order valence-corrected chi connectivity index (χ1v) is 9.69. The average Bonchev–Trinajstić information content (AvgIpc) is 3.15. The number of imide groups is 1. The molecule has 144 valence electrons. The van der Waals surface area contributed by atoms with Gasteiger partial charge < -0.3 is 5.32 Å². The third kappa shape index (κ3) is 4.87. The lowest BCUT2D eigenvalue weighted by Gasteiger charge is -2.16. The van der Waals surface area contributed by atoms with Crippen molar-refractivity contribution in [2.24, 2.45) is 0 Å². The summed E-state index contributed by atoms with van der Waals surface area (Å²) in [4.78, 5) is 24.6. The van der Waals surface area contributed by atoms with Crippen LogP contribution in [0.1, 0.15) is 17.7 Å². The summed E-state index contributed by atoms with van der Waals surface area (Å²) in [7, 11) is 0. The molecular weight excluding hydrogens is 400 g/mol. The number of tetrazole rings is 1. The number of urea groups is 1. The van der Waals surface area contributed by atoms with Gasteiger partial charge in [-0.3, -0.25) is 10.1 Å². The van der Waals surface area contributed by atoms with E-state index in [2.05, 4.69) is 26.2 Å². The zero-order chi connectivity index (χ0) is 19.9. The van der Waals surface area contributed by atoms with Crippen molar-refractivity contribution in [1.82, 2.24) is 30.8 Å². The minimum atomic E-state index is -0.721. The Labute approximate surface area is 170 Å². The van der Waals surface area contributed by atoms with Crippen LogP contribution in [0.3, 0.4) is 0 Å². The molecule has 3 aromatic rings. The van der Waals surface area contributed by atoms with E-state index in [1.54, 1.807) is 31.2 Å². The van der Waals surface area contributed by atoms with Crippen LogP contribution in [0, 0.1) is 0 Å². The van der Waals surface area contributed by atoms with Gasteiger partial charge in [-0.05, 0) is 47.2 Å². The summed E-state index contributed by atoms with van der Waals surface area (Å²) in [6.45, 7) is 2.19. The highest BCUT2D eigenvalue weighted by Crippen LogP contribution is 2.34. The quantitative estimate of drug-likeness (QED) is 0.599. The molecule has 2 aromatic carbocycles. The molecule has 28 heavy (non-hydrogen) atoms. The van der Waals surface area contributed by atoms with Crippen LogP contribution < -0.4 is 10.6 Å². The highest BCUT2D eigenvalue weighted by molar-refractivity contribution is 8.00. The number of hydrogen-bond acceptors (Lipinski definition) is 6. The van der Waals surface area contributed by atoms with Gasteiger partial charge in [0, 0.05) is 11.6 Å². The van der Waals surface area contributed by atoms with Gasteiger partial charge >= 0.3 is 6.03 Å². The van der Waals surface area contributed by atoms with Gasteiger partial charge in [0.2, 0.25) is 11.1 Å². The standard InChI is InChI=1S/C18H17ClN6O2S/c1-2-20-17(27)21-16(26)15(12-6-4-3-5-7-12)28-18-22-23-24-25(18)14-10-8-13(19)9-11-14/h3-11,15H,2H2,1H3,(H2,20,21,26,27)/t15-/m1/s1. The molecule has 0 aliphatic rings. The maximum Gasteiger partial charge on any atom is 0.321 e. The van der Waals surface area contributed by atoms with Gasteiger partial charge in [-0.25, -0.2) is 4.79 Å². The van der Waals surface area contributed by atoms with E-state index in [1.165, 1.54) is 4.68 Å². The molecule has 8 nitrogen and oxygen atoms in total. The Hall–Kier alpha value is -2.91. The number of thioether (sulfide) groups is 1. The molecule has 0 fully saturated rings. The van der Waals surface area contributed by atoms with Gasteiger partial charge in [0.1, 0.15) is 5.25 Å². The highest BCUT2D eigenvalue weighted by Gasteiger charge is 2.26. The Morgan fingerprint density at radius 2 is 1.86 bits per heavy atom. The second-order valence-corrected chi connectivity index (χ2v) is 7.12. The van der Waals surface area contributed by atoms with Gasteiger partial charge in [-0.15, -0.1) is 5.10 Å². The van der Waals surface area contributed by atoms with E-state index < -0.39 is 17.2 Å². The first kappa shape index (κ1) is 19.8. The lowest BCUT2D eigenvalue weighted by molar-refractivity contribution is -0.119. The maximum absolute atomic E-state index is 12.8. The van der Waals surface area contributed by atoms with Crippen LogP contribution >= 0.6 is 23.4 Å². The van der Waals surface area contributed by atoms with E-state index in [-0.39, 0.29) is 0 Å². The number of carbonyl (C=O) groups excluding carboxylic acids is 2. The lowest BCUT2D eigenvalue weighted by Crippen LogP contribution is -2.41. The Morgan fingerprint density at radius 3 is 2.54 bits per heavy atom. The van der Waals surface area contributed by atoms with Crippen molar-refractivity contribution < 1.29 is 9.59 Å². The van der Waals surface area contributed by atoms with Crippen LogP contribution in [-0.2, 0) is 4.79 Å². The van der Waals surface area contributed by atoms with Crippen molar-refractivity contribution in [2.45, 2.75) is 17.3 Å². The molecule has 1 heterocycles. The molecule has 3 rings (SSSR count). The molecule has 2 N–H and O–H groups in total. The predicted molar refractivity (Wildman–Crippen MR) is 106 cm³/mol. The molecule has 0 saturated heterocycles. The van der Waals surface area contributed by atoms with E-state index in [0.717, 1.165) is 17.3 Å². The SMILES string of the molecule is CCNC(=O)NC(=O)[C@H](Sc1nnnn1-c1ccc(Cl)cc1)c1ccccc1. The average molecular weight is 417 g/mol. The monoisotopic (exact) mass is 416 g/mol. The van der Waals surface area contributed by atoms with E-state index in [1.807, 2.05) is 30.3 Å². The molecule has 0 saturated carbocycles. The van der Waals surface area contributed by atoms with Gasteiger partial charge in [0.25, 0.3) is 0 Å². The zero-order valence-electron chi connectivity index (χ0n) is 14.9. The Morgan fingerprint density at radius 1 is 1.14 bits per heavy atom. The molecule has 0 radical (unpaired) electrons. The van der Waals surface area contributed by atoms with Crippen molar-refractivity contribution in [3.8, 4) is 5.69 Å². The molecule has 0 unspecified atom stereocenters. The summed E-state index contributed by atoms with van der Waals surface area (Å²) < 4.78 is 1.51. The summed E-state index contributed by atoms with van der Waals surface area (Å²) in [5.41, 5.74) is 1.42. The Bertz CT molecular complexity index is 948. The van der Waals surface area contributed by atoms with Crippen LogP contribution in [0.15, 0.2) is 59.8 Å². The number of aromatic nitrogens is 4. The smallest absolute Gasteiger partial charge is 0.321 e. The number of carbonyl (C=O) groups is 2. The van der Waals surface area contributed by atoms with E-state index in [0.29, 0.717) is 22.4 Å². The van der Waals surface area contributed by atoms with Crippen molar-refractivity contribution in [3.05, 3.63) is 65.2 Å². The Kier molecular flexibility index (Phi) is 6.62. The van der Waals surface area contributed by atoms with E-state index in [4.69, 9.17) is 11.6 Å². The second-order valence-electron chi connectivity index (χ2n) is 5.61. The molecule has 10 heteroatoms. The zero-order valence-corrected chi connectivity index (χ0v) is 16.4. The summed E-state index contributed by atoms with van der Waals surface area (Å²) in [6.07, 6.45) is 0. The normalized spacial score (nSPS) is 11.6. The first-order valence-electron chi connectivity index (χ1n) is 8.43. The van der Waals surface area contributed by atoms with Crippen LogP contribution in [0.25, 0.3) is 5.69 Å². The molecular formula is C18H17ClN6O2S. The van der Waals surface area contributed by atoms with Crippen LogP contribution in [0.2, 0.25) is 5.02 Å². The second kappa shape index (κ2) is 9.34. The molecule has 1 atom stereocenters. The summed E-state index contributed by atoms with van der Waals surface area (Å²) in [5.74, 6) is -0.465. The first-order chi connectivity index (χ1) is 13.6. The largest absolute Gasteiger partial charge is 0.338 e. The third-order valence-corrected chi connectivity index (χ3v) is 5.09. The van der Waals surface area contributed by atoms with Gasteiger partial charge in [0.15, 0.2) is 0 Å². The topological polar surface area (TPSA) is 102 Å². The highest BCUT2D eigenvalue weighted by atomic mass is 35.5. The molecule has 1 aromatic heterocycles. The van der Waals surface area contributed by atoms with Crippen LogP contribution in [0.5, 0.6) is 0 Å². The summed E-state index contributed by atoms with van der Waals surface area (Å²) >= 11 is 7.08. The molecule has 3 amide bonds. The number of nitrogens with one attached hydrogen (secondary N) is 2. The molecule has 0 bridgehead atoms. The van der Waals surface area contributed by atoms with Crippen LogP contribution in [0.4, 0.5) is 4.79 Å². The number of amides is 3. The fourth-order valence-electron chi connectivity index (χ4n) is 2.39. The fourth-order valence-corrected chi connectivity index (χ4v) is 3.51. The predicted octanol–water partition coefficient (Wildman–Crippen LogP) is 2.99. The van der Waals surface area contributed by atoms with Crippen LogP contribution in [-0.4, -0.2) is 38.7 Å². The van der Waals surface area contributed by atoms with Crippen molar-refractivity contribution in [2.75, 3.05) is 6.54 Å². The Balaban J connectivity index is 1.88. The minimum Gasteiger partial charge on any atom is -0.338 e. The number of hydrogen-bond donors (Lipinski definition) is 2. The molecule has 0 aliphatic carbocycles. The molecule has 0 spiro atoms. The van der Waals surface area contributed by atoms with Gasteiger partial charge in [-0.2, -0.15) is 4.68 Å². The van der Waals surface area contributed by atoms with Crippen molar-refractivity contribution >= 4 is 35.3 Å². The maximum atomic E-state index is 12.8.